The lowest BCUT2D eigenvalue weighted by Crippen LogP contribution is -2.19. The van der Waals surface area contributed by atoms with Crippen LogP contribution in [0.4, 0.5) is 11.5 Å². The highest BCUT2D eigenvalue weighted by Crippen LogP contribution is 2.34. The van der Waals surface area contributed by atoms with E-state index < -0.39 is 0 Å². The SMILES string of the molecule is O=C(Nc1ccc2c(c1)OCO2)c1cn(-c2cc(N3CCCC3)ncn2)cn1. The van der Waals surface area contributed by atoms with Gasteiger partial charge in [0.05, 0.1) is 0 Å². The van der Waals surface area contributed by atoms with Crippen LogP contribution >= 0.6 is 0 Å². The first-order valence-electron chi connectivity index (χ1n) is 9.09. The van der Waals surface area contributed by atoms with Gasteiger partial charge in [0.2, 0.25) is 6.79 Å². The second-order valence-corrected chi connectivity index (χ2v) is 6.62. The number of hydrogen-bond donors (Lipinski definition) is 1. The van der Waals surface area contributed by atoms with Crippen LogP contribution in [-0.4, -0.2) is 45.3 Å². The summed E-state index contributed by atoms with van der Waals surface area (Å²) >= 11 is 0. The molecule has 2 aliphatic rings. The van der Waals surface area contributed by atoms with Gasteiger partial charge in [-0.25, -0.2) is 15.0 Å². The standard InChI is InChI=1S/C19H18N6O3/c26-19(23-13-3-4-15-16(7-13)28-12-27-15)14-9-25(11-22-14)18-8-17(20-10-21-18)24-5-1-2-6-24/h3-4,7-11H,1-2,5-6,12H2,(H,23,26). The topological polar surface area (TPSA) is 94.4 Å². The van der Waals surface area contributed by atoms with E-state index in [4.69, 9.17) is 9.47 Å². The summed E-state index contributed by atoms with van der Waals surface area (Å²) < 4.78 is 12.3. The van der Waals surface area contributed by atoms with Gasteiger partial charge in [0.1, 0.15) is 30.0 Å². The Balaban J connectivity index is 1.33. The van der Waals surface area contributed by atoms with Gasteiger partial charge in [0.25, 0.3) is 5.91 Å². The molecule has 28 heavy (non-hydrogen) atoms. The third-order valence-electron chi connectivity index (χ3n) is 4.78. The lowest BCUT2D eigenvalue weighted by molar-refractivity contribution is 0.102. The average Bonchev–Trinajstić information content (AvgIpc) is 3.49. The number of hydrogen-bond acceptors (Lipinski definition) is 7. The number of carbonyl (C=O) groups excluding carboxylic acids is 1. The molecule has 2 aliphatic heterocycles. The minimum absolute atomic E-state index is 0.190. The molecule has 0 aliphatic carbocycles. The van der Waals surface area contributed by atoms with E-state index in [1.807, 2.05) is 6.07 Å². The molecule has 1 saturated heterocycles. The van der Waals surface area contributed by atoms with Crippen LogP contribution in [0.3, 0.4) is 0 Å². The van der Waals surface area contributed by atoms with E-state index in [0.29, 0.717) is 28.7 Å². The van der Waals surface area contributed by atoms with Crippen molar-refractivity contribution in [1.29, 1.82) is 0 Å². The van der Waals surface area contributed by atoms with E-state index in [0.717, 1.165) is 18.9 Å². The molecule has 4 heterocycles. The first-order valence-corrected chi connectivity index (χ1v) is 9.09. The van der Waals surface area contributed by atoms with Crippen molar-refractivity contribution in [3.8, 4) is 17.3 Å². The Labute approximate surface area is 160 Å². The van der Waals surface area contributed by atoms with Crippen LogP contribution < -0.4 is 19.7 Å². The second kappa shape index (κ2) is 6.84. The van der Waals surface area contributed by atoms with Crippen LogP contribution in [0.15, 0.2) is 43.1 Å². The van der Waals surface area contributed by atoms with Crippen LogP contribution in [0, 0.1) is 0 Å². The molecule has 1 aromatic carbocycles. The molecule has 0 unspecified atom stereocenters. The number of anilines is 2. The van der Waals surface area contributed by atoms with Gasteiger partial charge >= 0.3 is 0 Å². The zero-order valence-electron chi connectivity index (χ0n) is 15.0. The number of ether oxygens (including phenoxy) is 2. The van der Waals surface area contributed by atoms with Crippen molar-refractivity contribution in [3.63, 3.8) is 0 Å². The van der Waals surface area contributed by atoms with E-state index in [1.54, 1.807) is 35.3 Å². The predicted molar refractivity (Wildman–Crippen MR) is 101 cm³/mol. The number of benzene rings is 1. The van der Waals surface area contributed by atoms with Crippen LogP contribution in [0.5, 0.6) is 11.5 Å². The molecule has 1 N–H and O–H groups in total. The van der Waals surface area contributed by atoms with Crippen LogP contribution in [0.2, 0.25) is 0 Å². The summed E-state index contributed by atoms with van der Waals surface area (Å²) in [5.74, 6) is 2.53. The van der Waals surface area contributed by atoms with Crippen molar-refractivity contribution in [2.75, 3.05) is 30.1 Å². The molecule has 9 nitrogen and oxygen atoms in total. The number of carbonyl (C=O) groups is 1. The fourth-order valence-electron chi connectivity index (χ4n) is 3.33. The van der Waals surface area contributed by atoms with Gasteiger partial charge in [0, 0.05) is 37.1 Å². The highest BCUT2D eigenvalue weighted by atomic mass is 16.7. The normalized spacial score (nSPS) is 15.1. The number of rotatable bonds is 4. The van der Waals surface area contributed by atoms with E-state index in [-0.39, 0.29) is 12.7 Å². The number of amides is 1. The van der Waals surface area contributed by atoms with E-state index >= 15 is 0 Å². The number of nitrogens with zero attached hydrogens (tertiary/aromatic N) is 5. The maximum Gasteiger partial charge on any atom is 0.275 e. The molecule has 0 spiro atoms. The fourth-order valence-corrected chi connectivity index (χ4v) is 3.33. The van der Waals surface area contributed by atoms with E-state index in [1.165, 1.54) is 19.2 Å². The number of aromatic nitrogens is 4. The summed E-state index contributed by atoms with van der Waals surface area (Å²) in [6, 6.07) is 7.16. The lowest BCUT2D eigenvalue weighted by Gasteiger charge is -2.16. The maximum atomic E-state index is 12.5. The number of fused-ring (bicyclic) bond motifs is 1. The largest absolute Gasteiger partial charge is 0.454 e. The Kier molecular flexibility index (Phi) is 4.04. The fraction of sp³-hybridized carbons (Fsp3) is 0.263. The lowest BCUT2D eigenvalue weighted by atomic mass is 10.2. The van der Waals surface area contributed by atoms with E-state index in [2.05, 4.69) is 25.2 Å². The quantitative estimate of drug-likeness (QED) is 0.744. The Hall–Kier alpha value is -3.62. The molecule has 0 bridgehead atoms. The molecule has 3 aromatic rings. The Morgan fingerprint density at radius 2 is 1.82 bits per heavy atom. The molecule has 1 amide bonds. The van der Waals surface area contributed by atoms with Gasteiger partial charge in [-0.1, -0.05) is 0 Å². The molecule has 2 aromatic heterocycles. The summed E-state index contributed by atoms with van der Waals surface area (Å²) in [6.45, 7) is 2.20. The monoisotopic (exact) mass is 378 g/mol. The van der Waals surface area contributed by atoms with Crippen molar-refractivity contribution >= 4 is 17.4 Å². The number of imidazole rings is 1. The average molecular weight is 378 g/mol. The van der Waals surface area contributed by atoms with Crippen LogP contribution in [0.25, 0.3) is 5.82 Å². The third-order valence-corrected chi connectivity index (χ3v) is 4.78. The minimum Gasteiger partial charge on any atom is -0.454 e. The van der Waals surface area contributed by atoms with Crippen molar-refractivity contribution in [1.82, 2.24) is 19.5 Å². The molecular weight excluding hydrogens is 360 g/mol. The Morgan fingerprint density at radius 3 is 2.71 bits per heavy atom. The zero-order valence-corrected chi connectivity index (χ0v) is 15.0. The van der Waals surface area contributed by atoms with Crippen LogP contribution in [-0.2, 0) is 0 Å². The molecule has 9 heteroatoms. The zero-order chi connectivity index (χ0) is 18.9. The Morgan fingerprint density at radius 1 is 1.00 bits per heavy atom. The smallest absolute Gasteiger partial charge is 0.275 e. The molecule has 0 atom stereocenters. The molecule has 1 fully saturated rings. The van der Waals surface area contributed by atoms with Gasteiger partial charge in [0.15, 0.2) is 11.5 Å². The highest BCUT2D eigenvalue weighted by Gasteiger charge is 2.17. The molecule has 5 rings (SSSR count). The number of nitrogens with one attached hydrogen (secondary N) is 1. The van der Waals surface area contributed by atoms with Gasteiger partial charge < -0.3 is 19.7 Å². The highest BCUT2D eigenvalue weighted by molar-refractivity contribution is 6.02. The van der Waals surface area contributed by atoms with E-state index in [9.17, 15) is 4.79 Å². The van der Waals surface area contributed by atoms with Gasteiger partial charge in [-0.05, 0) is 25.0 Å². The molecule has 0 radical (unpaired) electrons. The summed E-state index contributed by atoms with van der Waals surface area (Å²) in [6.07, 6.45) is 7.11. The molecular formula is C19H18N6O3. The first kappa shape index (κ1) is 16.5. The maximum absolute atomic E-state index is 12.5. The van der Waals surface area contributed by atoms with Gasteiger partial charge in [-0.3, -0.25) is 9.36 Å². The minimum atomic E-state index is -0.313. The van der Waals surface area contributed by atoms with Crippen molar-refractivity contribution in [3.05, 3.63) is 48.8 Å². The first-order chi connectivity index (χ1) is 13.8. The third kappa shape index (κ3) is 3.11. The van der Waals surface area contributed by atoms with Crippen molar-refractivity contribution < 1.29 is 14.3 Å². The predicted octanol–water partition coefficient (Wildman–Crippen LogP) is 2.24. The second-order valence-electron chi connectivity index (χ2n) is 6.62. The van der Waals surface area contributed by atoms with Gasteiger partial charge in [-0.2, -0.15) is 0 Å². The van der Waals surface area contributed by atoms with Crippen molar-refractivity contribution in [2.45, 2.75) is 12.8 Å². The Bertz CT molecular complexity index is 1030. The van der Waals surface area contributed by atoms with Crippen LogP contribution in [0.1, 0.15) is 23.3 Å². The summed E-state index contributed by atoms with van der Waals surface area (Å²) in [5, 5.41) is 2.82. The van der Waals surface area contributed by atoms with Crippen molar-refractivity contribution in [2.24, 2.45) is 0 Å². The molecule has 0 saturated carbocycles. The van der Waals surface area contributed by atoms with Gasteiger partial charge in [-0.15, -0.1) is 0 Å². The molecule has 142 valence electrons. The summed E-state index contributed by atoms with van der Waals surface area (Å²) in [5.41, 5.74) is 0.904. The summed E-state index contributed by atoms with van der Waals surface area (Å²) in [7, 11) is 0. The summed E-state index contributed by atoms with van der Waals surface area (Å²) in [4.78, 5) is 27.6.